The van der Waals surface area contributed by atoms with Crippen LogP contribution in [0.3, 0.4) is 0 Å². The van der Waals surface area contributed by atoms with Crippen molar-refractivity contribution in [2.75, 3.05) is 25.0 Å². The number of hydrogen-bond donors (Lipinski definition) is 2. The number of hydrogen-bond acceptors (Lipinski definition) is 3. The molecule has 2 N–H and O–H groups in total. The maximum atomic E-state index is 11.7. The molecule has 0 unspecified atom stereocenters. The molecule has 2 rings (SSSR count). The molecule has 0 saturated heterocycles. The predicted molar refractivity (Wildman–Crippen MR) is 86.0 cm³/mol. The van der Waals surface area contributed by atoms with Crippen LogP contribution in [0.15, 0.2) is 22.7 Å². The van der Waals surface area contributed by atoms with Crippen LogP contribution in [0.5, 0.6) is 0 Å². The van der Waals surface area contributed by atoms with Gasteiger partial charge in [-0.15, -0.1) is 0 Å². The van der Waals surface area contributed by atoms with E-state index >= 15 is 0 Å². The lowest BCUT2D eigenvalue weighted by molar-refractivity contribution is -0.119. The molecule has 0 heterocycles. The Morgan fingerprint density at radius 2 is 2.20 bits per heavy atom. The van der Waals surface area contributed by atoms with Crippen molar-refractivity contribution in [1.29, 1.82) is 0 Å². The molecule has 1 amide bonds. The second-order valence-electron chi connectivity index (χ2n) is 5.24. The van der Waals surface area contributed by atoms with Crippen molar-refractivity contribution in [2.45, 2.75) is 32.4 Å². The largest absolute Gasteiger partial charge is 0.365 e. The Hall–Kier alpha value is -1.07. The number of carbonyl (C=O) groups excluding carboxylic acids is 1. The topological polar surface area (TPSA) is 44.4 Å². The van der Waals surface area contributed by atoms with Gasteiger partial charge in [-0.1, -0.05) is 22.0 Å². The van der Waals surface area contributed by atoms with Crippen LogP contribution in [-0.2, 0) is 11.3 Å². The summed E-state index contributed by atoms with van der Waals surface area (Å²) in [6.07, 6.45) is 2.56. The van der Waals surface area contributed by atoms with Gasteiger partial charge in [-0.05, 0) is 37.5 Å². The summed E-state index contributed by atoms with van der Waals surface area (Å²) >= 11 is 3.51. The van der Waals surface area contributed by atoms with E-state index in [9.17, 15) is 4.79 Å². The summed E-state index contributed by atoms with van der Waals surface area (Å²) in [6.45, 7) is 3.83. The highest BCUT2D eigenvalue weighted by Crippen LogP contribution is 2.26. The lowest BCUT2D eigenvalue weighted by Crippen LogP contribution is -2.35. The summed E-state index contributed by atoms with van der Waals surface area (Å²) in [5, 5.41) is 6.36. The fraction of sp³-hybridized carbons (Fsp3) is 0.533. The molecule has 0 bridgehead atoms. The SMILES string of the molecule is CCNC(=O)CN(C)c1cc(Br)ccc1CNC1CC1. The van der Waals surface area contributed by atoms with Crippen molar-refractivity contribution in [1.82, 2.24) is 10.6 Å². The number of halogens is 1. The Kier molecular flexibility index (Phi) is 5.43. The molecule has 1 aliphatic rings. The number of nitrogens with one attached hydrogen (secondary N) is 2. The number of likely N-dealkylation sites (N-methyl/N-ethyl adjacent to an activating group) is 2. The quantitative estimate of drug-likeness (QED) is 0.800. The van der Waals surface area contributed by atoms with E-state index in [1.54, 1.807) is 0 Å². The number of amides is 1. The van der Waals surface area contributed by atoms with Crippen molar-refractivity contribution in [3.63, 3.8) is 0 Å². The highest BCUT2D eigenvalue weighted by Gasteiger charge is 2.21. The van der Waals surface area contributed by atoms with Crippen LogP contribution in [0.4, 0.5) is 5.69 Å². The fourth-order valence-corrected chi connectivity index (χ4v) is 2.49. The molecule has 5 heteroatoms. The first-order valence-corrected chi connectivity index (χ1v) is 7.89. The molecule has 0 aromatic heterocycles. The minimum atomic E-state index is 0.0519. The number of rotatable bonds is 7. The summed E-state index contributed by atoms with van der Waals surface area (Å²) in [7, 11) is 1.96. The van der Waals surface area contributed by atoms with E-state index in [0.717, 1.165) is 16.7 Å². The van der Waals surface area contributed by atoms with Crippen LogP contribution in [-0.4, -0.2) is 32.1 Å². The number of carbonyl (C=O) groups is 1. The zero-order chi connectivity index (χ0) is 14.5. The zero-order valence-corrected chi connectivity index (χ0v) is 13.7. The van der Waals surface area contributed by atoms with Crippen LogP contribution >= 0.6 is 15.9 Å². The third-order valence-electron chi connectivity index (χ3n) is 3.37. The van der Waals surface area contributed by atoms with Gasteiger partial charge < -0.3 is 15.5 Å². The number of nitrogens with zero attached hydrogens (tertiary/aromatic N) is 1. The molecule has 110 valence electrons. The molecule has 0 spiro atoms. The van der Waals surface area contributed by atoms with Crippen LogP contribution in [0.25, 0.3) is 0 Å². The zero-order valence-electron chi connectivity index (χ0n) is 12.1. The first-order valence-electron chi connectivity index (χ1n) is 7.09. The summed E-state index contributed by atoms with van der Waals surface area (Å²) < 4.78 is 1.03. The molecule has 0 atom stereocenters. The first kappa shape index (κ1) is 15.3. The average Bonchev–Trinajstić information content (AvgIpc) is 3.21. The molecular weight excluding hydrogens is 318 g/mol. The van der Waals surface area contributed by atoms with Gasteiger partial charge in [-0.3, -0.25) is 4.79 Å². The van der Waals surface area contributed by atoms with Gasteiger partial charge in [0.2, 0.25) is 5.91 Å². The van der Waals surface area contributed by atoms with Gasteiger partial charge >= 0.3 is 0 Å². The Balaban J connectivity index is 2.05. The van der Waals surface area contributed by atoms with Gasteiger partial charge in [0, 0.05) is 36.3 Å². The van der Waals surface area contributed by atoms with Crippen molar-refractivity contribution in [2.24, 2.45) is 0 Å². The summed E-state index contributed by atoms with van der Waals surface area (Å²) in [5.41, 5.74) is 2.32. The smallest absolute Gasteiger partial charge is 0.239 e. The lowest BCUT2D eigenvalue weighted by atomic mass is 10.1. The summed E-state index contributed by atoms with van der Waals surface area (Å²) in [5.74, 6) is 0.0519. The van der Waals surface area contributed by atoms with Gasteiger partial charge in [0.1, 0.15) is 0 Å². The molecule has 0 radical (unpaired) electrons. The Bertz CT molecular complexity index is 474. The minimum absolute atomic E-state index is 0.0519. The van der Waals surface area contributed by atoms with Crippen molar-refractivity contribution < 1.29 is 4.79 Å². The Morgan fingerprint density at radius 3 is 2.85 bits per heavy atom. The van der Waals surface area contributed by atoms with Crippen LogP contribution in [0, 0.1) is 0 Å². The van der Waals surface area contributed by atoms with Gasteiger partial charge in [-0.2, -0.15) is 0 Å². The molecule has 1 aliphatic carbocycles. The van der Waals surface area contributed by atoms with E-state index in [0.29, 0.717) is 19.1 Å². The minimum Gasteiger partial charge on any atom is -0.365 e. The highest BCUT2D eigenvalue weighted by atomic mass is 79.9. The van der Waals surface area contributed by atoms with E-state index in [2.05, 4.69) is 38.7 Å². The van der Waals surface area contributed by atoms with Crippen molar-refractivity contribution in [3.8, 4) is 0 Å². The lowest BCUT2D eigenvalue weighted by Gasteiger charge is -2.22. The maximum absolute atomic E-state index is 11.7. The van der Waals surface area contributed by atoms with Crippen LogP contribution in [0.1, 0.15) is 25.3 Å². The molecule has 0 aliphatic heterocycles. The van der Waals surface area contributed by atoms with Gasteiger partial charge in [-0.25, -0.2) is 0 Å². The summed E-state index contributed by atoms with van der Waals surface area (Å²) in [4.78, 5) is 13.7. The molecule has 1 aromatic carbocycles. The Labute approximate surface area is 129 Å². The Morgan fingerprint density at radius 1 is 1.45 bits per heavy atom. The highest BCUT2D eigenvalue weighted by molar-refractivity contribution is 9.10. The first-order chi connectivity index (χ1) is 9.60. The fourth-order valence-electron chi connectivity index (χ4n) is 2.14. The van der Waals surface area contributed by atoms with E-state index in [1.807, 2.05) is 24.9 Å². The second kappa shape index (κ2) is 7.09. The maximum Gasteiger partial charge on any atom is 0.239 e. The molecule has 4 nitrogen and oxygen atoms in total. The summed E-state index contributed by atoms with van der Waals surface area (Å²) in [6, 6.07) is 6.92. The predicted octanol–water partition coefficient (Wildman–Crippen LogP) is 2.27. The number of anilines is 1. The molecular formula is C15H22BrN3O. The van der Waals surface area contributed by atoms with Gasteiger partial charge in [0.15, 0.2) is 0 Å². The van der Waals surface area contributed by atoms with Crippen molar-refractivity contribution in [3.05, 3.63) is 28.2 Å². The van der Waals surface area contributed by atoms with Crippen LogP contribution < -0.4 is 15.5 Å². The molecule has 20 heavy (non-hydrogen) atoms. The normalized spacial score (nSPS) is 14.2. The van der Waals surface area contributed by atoms with Gasteiger partial charge in [0.25, 0.3) is 0 Å². The van der Waals surface area contributed by atoms with Gasteiger partial charge in [0.05, 0.1) is 6.54 Å². The number of benzene rings is 1. The van der Waals surface area contributed by atoms with Crippen LogP contribution in [0.2, 0.25) is 0 Å². The molecule has 1 saturated carbocycles. The molecule has 1 fully saturated rings. The van der Waals surface area contributed by atoms with E-state index in [4.69, 9.17) is 0 Å². The van der Waals surface area contributed by atoms with E-state index in [-0.39, 0.29) is 5.91 Å². The monoisotopic (exact) mass is 339 g/mol. The third kappa shape index (κ3) is 4.49. The molecule has 1 aromatic rings. The average molecular weight is 340 g/mol. The second-order valence-corrected chi connectivity index (χ2v) is 6.15. The van der Waals surface area contributed by atoms with E-state index in [1.165, 1.54) is 18.4 Å². The standard InChI is InChI=1S/C15H22BrN3O/c1-3-17-15(20)10-19(2)14-8-12(16)5-4-11(14)9-18-13-6-7-13/h4-5,8,13,18H,3,6-7,9-10H2,1-2H3,(H,17,20). The third-order valence-corrected chi connectivity index (χ3v) is 3.87. The van der Waals surface area contributed by atoms with E-state index < -0.39 is 0 Å². The van der Waals surface area contributed by atoms with Crippen molar-refractivity contribution >= 4 is 27.5 Å².